The molecule has 60 valence electrons. The van der Waals surface area contributed by atoms with E-state index < -0.39 is 0 Å². The molecular weight excluding hydrogens is 124 g/mol. The van der Waals surface area contributed by atoms with Gasteiger partial charge in [-0.3, -0.25) is 0 Å². The Labute approximate surface area is 63.6 Å². The third-order valence-corrected chi connectivity index (χ3v) is 2.31. The van der Waals surface area contributed by atoms with E-state index >= 15 is 0 Å². The maximum Gasteiger partial charge on any atom is 0.00222 e. The van der Waals surface area contributed by atoms with E-state index in [4.69, 9.17) is 0 Å². The van der Waals surface area contributed by atoms with Gasteiger partial charge in [-0.25, -0.2) is 0 Å². The Morgan fingerprint density at radius 3 is 2.90 bits per heavy atom. The zero-order chi connectivity index (χ0) is 7.40. The van der Waals surface area contributed by atoms with Gasteiger partial charge in [0.1, 0.15) is 0 Å². The van der Waals surface area contributed by atoms with Gasteiger partial charge in [0.25, 0.3) is 0 Å². The summed E-state index contributed by atoms with van der Waals surface area (Å²) in [5.41, 5.74) is 0. The number of hydrogen-bond donors (Lipinski definition) is 1. The molecule has 10 heavy (non-hydrogen) atoms. The summed E-state index contributed by atoms with van der Waals surface area (Å²) in [6, 6.07) is 0. The first kappa shape index (κ1) is 8.02. The number of nitrogens with zero attached hydrogens (tertiary/aromatic N) is 1. The van der Waals surface area contributed by atoms with Gasteiger partial charge in [0.15, 0.2) is 0 Å². The minimum atomic E-state index is 0.907. The largest absolute Gasteiger partial charge is 0.319 e. The average Bonchev–Trinajstić information content (AvgIpc) is 2.37. The van der Waals surface area contributed by atoms with E-state index in [9.17, 15) is 0 Å². The fourth-order valence-electron chi connectivity index (χ4n) is 1.66. The number of hydrogen-bond acceptors (Lipinski definition) is 2. The van der Waals surface area contributed by atoms with Gasteiger partial charge in [-0.2, -0.15) is 0 Å². The van der Waals surface area contributed by atoms with E-state index in [1.165, 1.54) is 32.6 Å². The topological polar surface area (TPSA) is 15.3 Å². The van der Waals surface area contributed by atoms with Crippen LogP contribution in [0.15, 0.2) is 0 Å². The van der Waals surface area contributed by atoms with Crippen LogP contribution in [0.25, 0.3) is 0 Å². The molecule has 1 saturated heterocycles. The van der Waals surface area contributed by atoms with Crippen LogP contribution >= 0.6 is 0 Å². The van der Waals surface area contributed by atoms with Crippen molar-refractivity contribution in [2.45, 2.75) is 13.3 Å². The SMILES string of the molecule is CCN1CC[C@@H](CNC)C1. The summed E-state index contributed by atoms with van der Waals surface area (Å²) in [5.74, 6) is 0.907. The predicted octanol–water partition coefficient (Wildman–Crippen LogP) is 0.548. The van der Waals surface area contributed by atoms with E-state index in [1.807, 2.05) is 7.05 Å². The third kappa shape index (κ3) is 1.96. The van der Waals surface area contributed by atoms with Crippen molar-refractivity contribution in [3.05, 3.63) is 0 Å². The van der Waals surface area contributed by atoms with Crippen molar-refractivity contribution in [3.8, 4) is 0 Å². The van der Waals surface area contributed by atoms with Crippen LogP contribution in [0.5, 0.6) is 0 Å². The quantitative estimate of drug-likeness (QED) is 0.619. The molecule has 1 atom stereocenters. The molecule has 0 bridgehead atoms. The van der Waals surface area contributed by atoms with Crippen LogP contribution in [0.1, 0.15) is 13.3 Å². The molecule has 1 rings (SSSR count). The Kier molecular flexibility index (Phi) is 3.16. The lowest BCUT2D eigenvalue weighted by Crippen LogP contribution is -2.24. The van der Waals surface area contributed by atoms with E-state index in [0.29, 0.717) is 0 Å². The molecule has 0 saturated carbocycles. The molecule has 1 aliphatic rings. The number of rotatable bonds is 3. The summed E-state index contributed by atoms with van der Waals surface area (Å²) in [6.07, 6.45) is 1.38. The number of nitrogens with one attached hydrogen (secondary N) is 1. The molecular formula is C8H18N2. The second kappa shape index (κ2) is 3.94. The molecule has 0 aliphatic carbocycles. The minimum absolute atomic E-state index is 0.907. The third-order valence-electron chi connectivity index (χ3n) is 2.31. The molecule has 2 heteroatoms. The molecule has 2 nitrogen and oxygen atoms in total. The van der Waals surface area contributed by atoms with Crippen molar-refractivity contribution in [2.24, 2.45) is 5.92 Å². The monoisotopic (exact) mass is 142 g/mol. The van der Waals surface area contributed by atoms with Crippen molar-refractivity contribution in [3.63, 3.8) is 0 Å². The smallest absolute Gasteiger partial charge is 0.00222 e. The molecule has 0 aromatic carbocycles. The van der Waals surface area contributed by atoms with Gasteiger partial charge in [0.2, 0.25) is 0 Å². The maximum atomic E-state index is 3.23. The number of likely N-dealkylation sites (tertiary alicyclic amines) is 1. The zero-order valence-electron chi connectivity index (χ0n) is 7.06. The summed E-state index contributed by atoms with van der Waals surface area (Å²) in [5, 5.41) is 3.23. The molecule has 0 aromatic rings. The first-order chi connectivity index (χ1) is 4.86. The highest BCUT2D eigenvalue weighted by Crippen LogP contribution is 2.13. The minimum Gasteiger partial charge on any atom is -0.319 e. The molecule has 0 aromatic heterocycles. The second-order valence-corrected chi connectivity index (χ2v) is 3.11. The first-order valence-corrected chi connectivity index (χ1v) is 4.23. The van der Waals surface area contributed by atoms with E-state index in [1.54, 1.807) is 0 Å². The van der Waals surface area contributed by atoms with Crippen molar-refractivity contribution < 1.29 is 0 Å². The van der Waals surface area contributed by atoms with Gasteiger partial charge in [-0.15, -0.1) is 0 Å². The average molecular weight is 142 g/mol. The fraction of sp³-hybridized carbons (Fsp3) is 1.00. The second-order valence-electron chi connectivity index (χ2n) is 3.11. The lowest BCUT2D eigenvalue weighted by Gasteiger charge is -2.12. The van der Waals surface area contributed by atoms with E-state index in [2.05, 4.69) is 17.1 Å². The van der Waals surface area contributed by atoms with Gasteiger partial charge in [0.05, 0.1) is 0 Å². The van der Waals surface area contributed by atoms with Crippen LogP contribution in [0.3, 0.4) is 0 Å². The first-order valence-electron chi connectivity index (χ1n) is 4.23. The van der Waals surface area contributed by atoms with Gasteiger partial charge in [-0.05, 0) is 39.0 Å². The Morgan fingerprint density at radius 2 is 2.40 bits per heavy atom. The molecule has 1 fully saturated rings. The predicted molar refractivity (Wildman–Crippen MR) is 44.1 cm³/mol. The van der Waals surface area contributed by atoms with Crippen LogP contribution in [-0.4, -0.2) is 38.1 Å². The molecule has 0 spiro atoms. The molecule has 0 radical (unpaired) electrons. The van der Waals surface area contributed by atoms with Crippen LogP contribution in [0, 0.1) is 5.92 Å². The van der Waals surface area contributed by atoms with Crippen molar-refractivity contribution in [2.75, 3.05) is 33.2 Å². The van der Waals surface area contributed by atoms with Gasteiger partial charge in [0, 0.05) is 6.54 Å². The fourth-order valence-corrected chi connectivity index (χ4v) is 1.66. The molecule has 0 amide bonds. The maximum absolute atomic E-state index is 3.23. The standard InChI is InChI=1S/C8H18N2/c1-3-10-5-4-8(7-10)6-9-2/h8-9H,3-7H2,1-2H3/t8-/m0/s1. The van der Waals surface area contributed by atoms with E-state index in [0.717, 1.165) is 5.92 Å². The van der Waals surface area contributed by atoms with Crippen molar-refractivity contribution in [1.29, 1.82) is 0 Å². The summed E-state index contributed by atoms with van der Waals surface area (Å²) in [6.45, 7) is 7.26. The van der Waals surface area contributed by atoms with Crippen LogP contribution in [0.2, 0.25) is 0 Å². The summed E-state index contributed by atoms with van der Waals surface area (Å²) in [4.78, 5) is 2.52. The molecule has 1 aliphatic heterocycles. The lowest BCUT2D eigenvalue weighted by atomic mass is 10.1. The Hall–Kier alpha value is -0.0800. The van der Waals surface area contributed by atoms with Crippen LogP contribution < -0.4 is 5.32 Å². The van der Waals surface area contributed by atoms with Gasteiger partial charge in [-0.1, -0.05) is 6.92 Å². The van der Waals surface area contributed by atoms with Crippen molar-refractivity contribution >= 4 is 0 Å². The summed E-state index contributed by atoms with van der Waals surface area (Å²) in [7, 11) is 2.04. The lowest BCUT2D eigenvalue weighted by molar-refractivity contribution is 0.340. The van der Waals surface area contributed by atoms with Crippen molar-refractivity contribution in [1.82, 2.24) is 10.2 Å². The Bertz CT molecular complexity index is 93.3. The Balaban J connectivity index is 2.15. The zero-order valence-corrected chi connectivity index (χ0v) is 7.06. The van der Waals surface area contributed by atoms with Crippen LogP contribution in [0.4, 0.5) is 0 Å². The molecule has 1 heterocycles. The molecule has 1 N–H and O–H groups in total. The highest BCUT2D eigenvalue weighted by molar-refractivity contribution is 4.75. The summed E-state index contributed by atoms with van der Waals surface area (Å²) < 4.78 is 0. The Morgan fingerprint density at radius 1 is 1.60 bits per heavy atom. The summed E-state index contributed by atoms with van der Waals surface area (Å²) >= 11 is 0. The highest BCUT2D eigenvalue weighted by Gasteiger charge is 2.19. The van der Waals surface area contributed by atoms with Crippen LogP contribution in [-0.2, 0) is 0 Å². The van der Waals surface area contributed by atoms with Gasteiger partial charge < -0.3 is 10.2 Å². The van der Waals surface area contributed by atoms with E-state index in [-0.39, 0.29) is 0 Å². The molecule has 0 unspecified atom stereocenters. The highest BCUT2D eigenvalue weighted by atomic mass is 15.1. The van der Waals surface area contributed by atoms with Gasteiger partial charge >= 0.3 is 0 Å². The normalized spacial score (nSPS) is 27.6.